The fourth-order valence-electron chi connectivity index (χ4n) is 2.36. The Kier molecular flexibility index (Phi) is 4.70. The van der Waals surface area contributed by atoms with Gasteiger partial charge in [0.05, 0.1) is 13.1 Å². The molecule has 1 amide bonds. The first-order valence-electron chi connectivity index (χ1n) is 6.43. The predicted octanol–water partition coefficient (Wildman–Crippen LogP) is -0.216. The molecule has 2 saturated heterocycles. The van der Waals surface area contributed by atoms with Crippen molar-refractivity contribution in [2.45, 2.75) is 25.0 Å². The van der Waals surface area contributed by atoms with E-state index in [0.29, 0.717) is 19.5 Å². The van der Waals surface area contributed by atoms with Crippen molar-refractivity contribution in [1.29, 1.82) is 0 Å². The van der Waals surface area contributed by atoms with E-state index in [1.165, 1.54) is 0 Å². The van der Waals surface area contributed by atoms with Crippen molar-refractivity contribution in [2.24, 2.45) is 0 Å². The number of carbonyl (C=O) groups is 2. The van der Waals surface area contributed by atoms with Crippen LogP contribution in [0.2, 0.25) is 0 Å². The van der Waals surface area contributed by atoms with Crippen LogP contribution < -0.4 is 5.32 Å². The highest BCUT2D eigenvalue weighted by Gasteiger charge is 2.42. The summed E-state index contributed by atoms with van der Waals surface area (Å²) in [5, 5.41) is 11.9. The van der Waals surface area contributed by atoms with Gasteiger partial charge in [-0.15, -0.1) is 0 Å². The van der Waals surface area contributed by atoms with Gasteiger partial charge in [-0.05, 0) is 6.92 Å². The van der Waals surface area contributed by atoms with Gasteiger partial charge < -0.3 is 20.1 Å². The molecule has 2 N–H and O–H groups in total. The second-order valence-corrected chi connectivity index (χ2v) is 6.46. The molecule has 1 unspecified atom stereocenters. The zero-order valence-corrected chi connectivity index (χ0v) is 11.9. The molecule has 2 fully saturated rings. The number of aliphatic carboxylic acids is 1. The first-order chi connectivity index (χ1) is 8.98. The quantitative estimate of drug-likeness (QED) is 0.728. The Hall–Kier alpha value is -0.790. The summed E-state index contributed by atoms with van der Waals surface area (Å²) in [4.78, 5) is 24.2. The molecule has 108 valence electrons. The summed E-state index contributed by atoms with van der Waals surface area (Å²) in [5.41, 5.74) is -0.497. The number of thioether (sulfide) groups is 1. The van der Waals surface area contributed by atoms with E-state index >= 15 is 0 Å². The fourth-order valence-corrected chi connectivity index (χ4v) is 3.30. The van der Waals surface area contributed by atoms with Gasteiger partial charge in [-0.2, -0.15) is 11.8 Å². The van der Waals surface area contributed by atoms with Crippen LogP contribution in [0.3, 0.4) is 0 Å². The number of nitrogens with one attached hydrogen (secondary N) is 1. The van der Waals surface area contributed by atoms with Crippen molar-refractivity contribution in [3.05, 3.63) is 0 Å². The molecule has 0 spiro atoms. The van der Waals surface area contributed by atoms with Gasteiger partial charge in [0.1, 0.15) is 12.2 Å². The van der Waals surface area contributed by atoms with Crippen LogP contribution in [0.25, 0.3) is 0 Å². The Labute approximate surface area is 116 Å². The number of carbonyl (C=O) groups excluding carboxylic acids is 1. The van der Waals surface area contributed by atoms with E-state index in [0.717, 1.165) is 18.1 Å². The van der Waals surface area contributed by atoms with Gasteiger partial charge in [-0.25, -0.2) is 4.79 Å². The zero-order chi connectivity index (χ0) is 13.9. The largest absolute Gasteiger partial charge is 0.480 e. The molecule has 7 heteroatoms. The molecule has 1 atom stereocenters. The summed E-state index contributed by atoms with van der Waals surface area (Å²) >= 11 is 1.87. The van der Waals surface area contributed by atoms with E-state index in [2.05, 4.69) is 5.32 Å². The van der Waals surface area contributed by atoms with E-state index in [9.17, 15) is 9.59 Å². The van der Waals surface area contributed by atoms with Crippen LogP contribution in [0.1, 0.15) is 13.3 Å². The third kappa shape index (κ3) is 4.09. The van der Waals surface area contributed by atoms with Crippen LogP contribution in [-0.4, -0.2) is 71.3 Å². The Morgan fingerprint density at radius 3 is 2.84 bits per heavy atom. The highest BCUT2D eigenvalue weighted by molar-refractivity contribution is 7.99. The summed E-state index contributed by atoms with van der Waals surface area (Å²) in [7, 11) is 0. The van der Waals surface area contributed by atoms with Gasteiger partial charge in [-0.1, -0.05) is 0 Å². The molecule has 0 aromatic heterocycles. The number of carboxylic acid groups (broad SMARTS) is 1. The van der Waals surface area contributed by atoms with Crippen LogP contribution >= 0.6 is 11.8 Å². The summed E-state index contributed by atoms with van der Waals surface area (Å²) in [5.74, 6) is 1.23. The topological polar surface area (TPSA) is 78.9 Å². The van der Waals surface area contributed by atoms with Crippen LogP contribution in [0.15, 0.2) is 0 Å². The van der Waals surface area contributed by atoms with Gasteiger partial charge in [0, 0.05) is 30.5 Å². The predicted molar refractivity (Wildman–Crippen MR) is 72.3 cm³/mol. The molecule has 2 rings (SSSR count). The summed E-state index contributed by atoms with van der Waals surface area (Å²) in [6.45, 7) is 3.47. The smallest absolute Gasteiger partial charge is 0.329 e. The number of hydrogen-bond donors (Lipinski definition) is 2. The second kappa shape index (κ2) is 6.11. The molecule has 2 aliphatic rings. The minimum absolute atomic E-state index is 0.122. The lowest BCUT2D eigenvalue weighted by molar-refractivity contribution is -0.173. The second-order valence-electron chi connectivity index (χ2n) is 5.31. The van der Waals surface area contributed by atoms with E-state index in [4.69, 9.17) is 9.84 Å². The van der Waals surface area contributed by atoms with Gasteiger partial charge in [0.15, 0.2) is 0 Å². The Morgan fingerprint density at radius 1 is 1.53 bits per heavy atom. The lowest BCUT2D eigenvalue weighted by Crippen LogP contribution is -2.64. The third-order valence-corrected chi connectivity index (χ3v) is 4.50. The summed E-state index contributed by atoms with van der Waals surface area (Å²) in [6.07, 6.45) is 0.516. The number of hydrogen-bond acceptors (Lipinski definition) is 5. The molecule has 6 nitrogen and oxygen atoms in total. The highest BCUT2D eigenvalue weighted by Crippen LogP contribution is 2.25. The standard InChI is InChI=1S/C12H20N2O4S/c1-12(18-5-11(16)17)7-14(8-12)10(15)4-9-6-19-3-2-13-9/h9,13H,2-8H2,1H3,(H,16,17). The van der Waals surface area contributed by atoms with Crippen molar-refractivity contribution in [3.8, 4) is 0 Å². The molecule has 2 heterocycles. The van der Waals surface area contributed by atoms with Crippen molar-refractivity contribution < 1.29 is 19.4 Å². The van der Waals surface area contributed by atoms with Gasteiger partial charge in [-0.3, -0.25) is 4.79 Å². The number of nitrogens with zero attached hydrogens (tertiary/aromatic N) is 1. The molecular weight excluding hydrogens is 268 g/mol. The van der Waals surface area contributed by atoms with Crippen molar-refractivity contribution in [1.82, 2.24) is 10.2 Å². The first-order valence-corrected chi connectivity index (χ1v) is 7.59. The minimum Gasteiger partial charge on any atom is -0.480 e. The zero-order valence-electron chi connectivity index (χ0n) is 11.1. The third-order valence-electron chi connectivity index (χ3n) is 3.37. The fraction of sp³-hybridized carbons (Fsp3) is 0.833. The highest BCUT2D eigenvalue weighted by atomic mass is 32.2. The number of likely N-dealkylation sites (tertiary alicyclic amines) is 1. The Morgan fingerprint density at radius 2 is 2.26 bits per heavy atom. The number of ether oxygens (including phenoxy) is 1. The first kappa shape index (κ1) is 14.6. The maximum absolute atomic E-state index is 12.0. The SMILES string of the molecule is CC1(OCC(=O)O)CN(C(=O)CC2CSCCN2)C1. The van der Waals surface area contributed by atoms with Crippen LogP contribution in [-0.2, 0) is 14.3 Å². The van der Waals surface area contributed by atoms with E-state index in [1.54, 1.807) is 4.90 Å². The lowest BCUT2D eigenvalue weighted by atomic mass is 9.95. The molecule has 0 aromatic carbocycles. The molecule has 0 saturated carbocycles. The molecule has 2 aliphatic heterocycles. The van der Waals surface area contributed by atoms with E-state index < -0.39 is 11.6 Å². The Bertz CT molecular complexity index is 352. The normalized spacial score (nSPS) is 25.7. The number of amides is 1. The average Bonchev–Trinajstić information content (AvgIpc) is 2.34. The van der Waals surface area contributed by atoms with Crippen LogP contribution in [0.5, 0.6) is 0 Å². The van der Waals surface area contributed by atoms with Gasteiger partial charge >= 0.3 is 5.97 Å². The molecule has 0 radical (unpaired) electrons. The number of rotatable bonds is 5. The summed E-state index contributed by atoms with van der Waals surface area (Å²) < 4.78 is 5.28. The monoisotopic (exact) mass is 288 g/mol. The molecule has 19 heavy (non-hydrogen) atoms. The van der Waals surface area contributed by atoms with Gasteiger partial charge in [0.2, 0.25) is 5.91 Å². The minimum atomic E-state index is -0.977. The lowest BCUT2D eigenvalue weighted by Gasteiger charge is -2.47. The summed E-state index contributed by atoms with van der Waals surface area (Å²) in [6, 6.07) is 0.262. The average molecular weight is 288 g/mol. The maximum atomic E-state index is 12.0. The van der Waals surface area contributed by atoms with Crippen molar-refractivity contribution >= 4 is 23.6 Å². The maximum Gasteiger partial charge on any atom is 0.329 e. The number of carboxylic acids is 1. The van der Waals surface area contributed by atoms with Crippen molar-refractivity contribution in [2.75, 3.05) is 37.7 Å². The molecular formula is C12H20N2O4S. The molecule has 0 aliphatic carbocycles. The van der Waals surface area contributed by atoms with E-state index in [-0.39, 0.29) is 18.6 Å². The molecule has 0 aromatic rings. The van der Waals surface area contributed by atoms with Crippen LogP contribution in [0.4, 0.5) is 0 Å². The van der Waals surface area contributed by atoms with Crippen LogP contribution in [0, 0.1) is 0 Å². The Balaban J connectivity index is 1.70. The van der Waals surface area contributed by atoms with Crippen molar-refractivity contribution in [3.63, 3.8) is 0 Å². The van der Waals surface area contributed by atoms with E-state index in [1.807, 2.05) is 18.7 Å². The van der Waals surface area contributed by atoms with Gasteiger partial charge in [0.25, 0.3) is 0 Å². The molecule has 0 bridgehead atoms.